The van der Waals surface area contributed by atoms with E-state index in [1.54, 1.807) is 38.1 Å². The summed E-state index contributed by atoms with van der Waals surface area (Å²) in [6.07, 6.45) is -1.19. The number of hydrogen-bond acceptors (Lipinski definition) is 5. The lowest BCUT2D eigenvalue weighted by Crippen LogP contribution is -2.51. The van der Waals surface area contributed by atoms with Gasteiger partial charge in [-0.2, -0.15) is 4.31 Å². The molecule has 0 aromatic heterocycles. The Hall–Kier alpha value is -1.21. The average Bonchev–Trinajstić information content (AvgIpc) is 2.94. The van der Waals surface area contributed by atoms with Crippen molar-refractivity contribution in [1.29, 1.82) is 0 Å². The smallest absolute Gasteiger partial charge is 0.245 e. The van der Waals surface area contributed by atoms with Crippen LogP contribution in [-0.4, -0.2) is 57.2 Å². The van der Waals surface area contributed by atoms with Crippen molar-refractivity contribution in [3.63, 3.8) is 0 Å². The fourth-order valence-electron chi connectivity index (χ4n) is 3.01. The Morgan fingerprint density at radius 3 is 2.40 bits per heavy atom. The highest BCUT2D eigenvalue weighted by Crippen LogP contribution is 2.37. The molecule has 1 heterocycles. The lowest BCUT2D eigenvalue weighted by molar-refractivity contribution is -0.0168. The zero-order valence-electron chi connectivity index (χ0n) is 19.3. The minimum Gasteiger partial charge on any atom is -0.406 e. The molecule has 0 spiro atoms. The van der Waals surface area contributed by atoms with Gasteiger partial charge in [0.15, 0.2) is 8.32 Å². The second kappa shape index (κ2) is 8.73. The van der Waals surface area contributed by atoms with Gasteiger partial charge in [0.1, 0.15) is 11.8 Å². The summed E-state index contributed by atoms with van der Waals surface area (Å²) in [7, 11) is -5.81. The number of nitrogens with zero attached hydrogens (tertiary/aromatic N) is 1. The zero-order valence-corrected chi connectivity index (χ0v) is 21.1. The molecule has 6 nitrogen and oxygen atoms in total. The maximum atomic E-state index is 13.3. The number of ether oxygens (including phenoxy) is 1. The van der Waals surface area contributed by atoms with E-state index in [1.807, 2.05) is 6.92 Å². The van der Waals surface area contributed by atoms with Crippen LogP contribution in [0.15, 0.2) is 29.2 Å². The van der Waals surface area contributed by atoms with E-state index in [4.69, 9.17) is 9.16 Å². The summed E-state index contributed by atoms with van der Waals surface area (Å²) >= 11 is 0. The molecule has 30 heavy (non-hydrogen) atoms. The maximum Gasteiger partial charge on any atom is 0.245 e. The van der Waals surface area contributed by atoms with E-state index in [1.165, 1.54) is 4.31 Å². The molecule has 0 unspecified atom stereocenters. The Bertz CT molecular complexity index is 908. The van der Waals surface area contributed by atoms with Crippen LogP contribution < -0.4 is 0 Å². The molecule has 1 aliphatic heterocycles. The van der Waals surface area contributed by atoms with Crippen molar-refractivity contribution >= 4 is 18.3 Å². The summed E-state index contributed by atoms with van der Waals surface area (Å²) in [5, 5.41) is 10.8. The number of hydrogen-bond donors (Lipinski definition) is 1. The standard InChI is InChI=1S/C22H35NO5SSi/c1-17-11-13-18(14-12-17)29(25,26)23-19(16-27-22(23,5)6)20(24)10-9-15-28-30(7,8)21(2,3)4/h11-14,19-20,24H,15-16H2,1-8H3/t19-,20+/m0/s1. The Labute approximate surface area is 182 Å². The predicted octanol–water partition coefficient (Wildman–Crippen LogP) is 3.51. The number of aliphatic hydroxyl groups is 1. The fraction of sp³-hybridized carbons (Fsp3) is 0.636. The first-order chi connectivity index (χ1) is 13.6. The molecule has 1 aromatic carbocycles. The van der Waals surface area contributed by atoms with Crippen LogP contribution in [0.25, 0.3) is 0 Å². The van der Waals surface area contributed by atoms with Crippen molar-refractivity contribution < 1.29 is 22.7 Å². The Kier molecular flexibility index (Phi) is 7.29. The van der Waals surface area contributed by atoms with Gasteiger partial charge in [-0.3, -0.25) is 0 Å². The van der Waals surface area contributed by atoms with Crippen molar-refractivity contribution in [3.8, 4) is 11.8 Å². The number of aryl methyl sites for hydroxylation is 1. The molecule has 1 aliphatic rings. The second-order valence-corrected chi connectivity index (χ2v) is 16.4. The fourth-order valence-corrected chi connectivity index (χ4v) is 5.74. The van der Waals surface area contributed by atoms with Gasteiger partial charge in [0.2, 0.25) is 10.0 Å². The molecule has 8 heteroatoms. The Morgan fingerprint density at radius 2 is 1.87 bits per heavy atom. The van der Waals surface area contributed by atoms with Crippen LogP contribution in [0, 0.1) is 18.8 Å². The molecular weight excluding hydrogens is 418 g/mol. The molecule has 0 saturated carbocycles. The third-order valence-electron chi connectivity index (χ3n) is 5.94. The molecule has 2 rings (SSSR count). The molecule has 168 valence electrons. The van der Waals surface area contributed by atoms with Crippen LogP contribution in [-0.2, 0) is 19.2 Å². The van der Waals surface area contributed by atoms with Gasteiger partial charge in [-0.05, 0) is 51.0 Å². The molecule has 1 aromatic rings. The van der Waals surface area contributed by atoms with Crippen LogP contribution in [0.1, 0.15) is 40.2 Å². The summed E-state index contributed by atoms with van der Waals surface area (Å²) < 4.78 is 39.6. The molecule has 2 atom stereocenters. The number of sulfonamides is 1. The molecule has 1 N–H and O–H groups in total. The number of aliphatic hydroxyl groups excluding tert-OH is 1. The summed E-state index contributed by atoms with van der Waals surface area (Å²) in [4.78, 5) is 0.165. The van der Waals surface area contributed by atoms with E-state index in [2.05, 4.69) is 45.7 Å². The van der Waals surface area contributed by atoms with Gasteiger partial charge >= 0.3 is 0 Å². The molecule has 0 radical (unpaired) electrons. The van der Waals surface area contributed by atoms with Crippen molar-refractivity contribution in [2.24, 2.45) is 0 Å². The maximum absolute atomic E-state index is 13.3. The monoisotopic (exact) mass is 453 g/mol. The molecule has 0 amide bonds. The first-order valence-electron chi connectivity index (χ1n) is 10.2. The van der Waals surface area contributed by atoms with E-state index < -0.39 is 36.2 Å². The van der Waals surface area contributed by atoms with Crippen molar-refractivity contribution in [1.82, 2.24) is 4.31 Å². The van der Waals surface area contributed by atoms with Gasteiger partial charge in [0, 0.05) is 0 Å². The second-order valence-electron chi connectivity index (χ2n) is 9.75. The SMILES string of the molecule is Cc1ccc(S(=O)(=O)N2[C@H]([C@H](O)C#CCO[Si](C)(C)C(C)(C)C)COC2(C)C)cc1. The average molecular weight is 454 g/mol. The van der Waals surface area contributed by atoms with Crippen molar-refractivity contribution in [2.75, 3.05) is 13.2 Å². The van der Waals surface area contributed by atoms with E-state index >= 15 is 0 Å². The van der Waals surface area contributed by atoms with E-state index in [0.717, 1.165) is 5.56 Å². The molecule has 0 aliphatic carbocycles. The number of benzene rings is 1. The third-order valence-corrected chi connectivity index (χ3v) is 12.5. The molecule has 0 bridgehead atoms. The summed E-state index contributed by atoms with van der Waals surface area (Å²) in [6.45, 7) is 16.2. The first-order valence-corrected chi connectivity index (χ1v) is 14.5. The summed E-state index contributed by atoms with van der Waals surface area (Å²) in [5.41, 5.74) is -0.121. The van der Waals surface area contributed by atoms with Crippen LogP contribution in [0.5, 0.6) is 0 Å². The largest absolute Gasteiger partial charge is 0.406 e. The lowest BCUT2D eigenvalue weighted by Gasteiger charge is -2.35. The zero-order chi connectivity index (χ0) is 23.0. The normalized spacial score (nSPS) is 21.2. The van der Waals surface area contributed by atoms with Crippen LogP contribution in [0.4, 0.5) is 0 Å². The lowest BCUT2D eigenvalue weighted by atomic mass is 10.1. The first kappa shape index (κ1) is 25.1. The quantitative estimate of drug-likeness (QED) is 0.545. The Balaban J connectivity index is 2.21. The van der Waals surface area contributed by atoms with Gasteiger partial charge < -0.3 is 14.3 Å². The molecular formula is C22H35NO5SSi. The highest BCUT2D eigenvalue weighted by molar-refractivity contribution is 7.89. The van der Waals surface area contributed by atoms with Crippen LogP contribution >= 0.6 is 0 Å². The summed E-state index contributed by atoms with van der Waals surface area (Å²) in [5.74, 6) is 5.64. The molecule has 1 saturated heterocycles. The van der Waals surface area contributed by atoms with Crippen molar-refractivity contribution in [3.05, 3.63) is 29.8 Å². The minimum atomic E-state index is -3.87. The van der Waals surface area contributed by atoms with E-state index in [-0.39, 0.29) is 23.1 Å². The number of rotatable bonds is 5. The third kappa shape index (κ3) is 5.33. The van der Waals surface area contributed by atoms with Gasteiger partial charge in [0.25, 0.3) is 0 Å². The van der Waals surface area contributed by atoms with Gasteiger partial charge in [-0.25, -0.2) is 8.42 Å². The van der Waals surface area contributed by atoms with Crippen molar-refractivity contribution in [2.45, 2.75) is 82.4 Å². The van der Waals surface area contributed by atoms with E-state index in [9.17, 15) is 13.5 Å². The Morgan fingerprint density at radius 1 is 1.30 bits per heavy atom. The van der Waals surface area contributed by atoms with Gasteiger partial charge in [0.05, 0.1) is 24.2 Å². The van der Waals surface area contributed by atoms with Gasteiger partial charge in [-0.1, -0.05) is 50.3 Å². The molecule has 1 fully saturated rings. The predicted molar refractivity (Wildman–Crippen MR) is 121 cm³/mol. The van der Waals surface area contributed by atoms with Gasteiger partial charge in [-0.15, -0.1) is 0 Å². The van der Waals surface area contributed by atoms with Crippen LogP contribution in [0.2, 0.25) is 18.1 Å². The minimum absolute atomic E-state index is 0.0650. The van der Waals surface area contributed by atoms with E-state index in [0.29, 0.717) is 0 Å². The van der Waals surface area contributed by atoms with Crippen LogP contribution in [0.3, 0.4) is 0 Å². The topological polar surface area (TPSA) is 76.1 Å². The highest BCUT2D eigenvalue weighted by Gasteiger charge is 2.50. The summed E-state index contributed by atoms with van der Waals surface area (Å²) in [6, 6.07) is 5.84. The highest BCUT2D eigenvalue weighted by atomic mass is 32.2.